The minimum absolute atomic E-state index is 0.0510. The van der Waals surface area contributed by atoms with Gasteiger partial charge in [-0.3, -0.25) is 9.59 Å². The van der Waals surface area contributed by atoms with Gasteiger partial charge in [0.2, 0.25) is 0 Å². The first kappa shape index (κ1) is 15.9. The summed E-state index contributed by atoms with van der Waals surface area (Å²) in [6, 6.07) is 0. The van der Waals surface area contributed by atoms with Gasteiger partial charge in [-0.25, -0.2) is 4.39 Å². The molecule has 134 valence electrons. The van der Waals surface area contributed by atoms with E-state index in [0.29, 0.717) is 12.3 Å². The molecule has 0 N–H and O–H groups in total. The van der Waals surface area contributed by atoms with Crippen LogP contribution in [0.25, 0.3) is 0 Å². The van der Waals surface area contributed by atoms with Gasteiger partial charge in [-0.15, -0.1) is 0 Å². The molecule has 5 rings (SSSR count). The quantitative estimate of drug-likeness (QED) is 0.498. The number of alkyl halides is 1. The number of halogens is 1. The van der Waals surface area contributed by atoms with Crippen LogP contribution in [0.15, 0.2) is 23.8 Å². The average molecular weight is 344 g/mol. The summed E-state index contributed by atoms with van der Waals surface area (Å²) in [7, 11) is 0. The summed E-state index contributed by atoms with van der Waals surface area (Å²) >= 11 is 0. The minimum atomic E-state index is -1.32. The SMILES string of the molecule is C=C1C[C@H]2[C@@H]3C[C@@H](F)C(=O)[C@@]3(C)CC[C@@H]2[C@@]2(C)C(C)=CC(=O)C3OC132. The summed E-state index contributed by atoms with van der Waals surface area (Å²) in [5, 5.41) is 0. The third-order valence-corrected chi connectivity index (χ3v) is 8.71. The molecule has 0 aromatic rings. The van der Waals surface area contributed by atoms with Crippen LogP contribution < -0.4 is 0 Å². The van der Waals surface area contributed by atoms with Crippen molar-refractivity contribution in [2.24, 2.45) is 28.6 Å². The largest absolute Gasteiger partial charge is 0.352 e. The molecule has 5 aliphatic rings. The van der Waals surface area contributed by atoms with E-state index in [1.165, 1.54) is 0 Å². The number of rotatable bonds is 0. The van der Waals surface area contributed by atoms with E-state index in [2.05, 4.69) is 13.5 Å². The molecule has 3 nitrogen and oxygen atoms in total. The van der Waals surface area contributed by atoms with Crippen LogP contribution in [0.2, 0.25) is 0 Å². The van der Waals surface area contributed by atoms with E-state index >= 15 is 0 Å². The highest BCUT2D eigenvalue weighted by Gasteiger charge is 2.78. The summed E-state index contributed by atoms with van der Waals surface area (Å²) in [6.45, 7) is 10.5. The van der Waals surface area contributed by atoms with Gasteiger partial charge in [-0.1, -0.05) is 26.0 Å². The Labute approximate surface area is 147 Å². The molecule has 3 saturated carbocycles. The van der Waals surface area contributed by atoms with Crippen molar-refractivity contribution in [1.29, 1.82) is 0 Å². The molecule has 0 aromatic heterocycles. The lowest BCUT2D eigenvalue weighted by atomic mass is 9.43. The van der Waals surface area contributed by atoms with Crippen LogP contribution in [0, 0.1) is 28.6 Å². The van der Waals surface area contributed by atoms with Crippen molar-refractivity contribution >= 4 is 11.6 Å². The van der Waals surface area contributed by atoms with Crippen LogP contribution in [-0.4, -0.2) is 29.4 Å². The maximum atomic E-state index is 14.3. The molecule has 25 heavy (non-hydrogen) atoms. The van der Waals surface area contributed by atoms with Crippen molar-refractivity contribution in [2.75, 3.05) is 0 Å². The Morgan fingerprint density at radius 3 is 2.72 bits per heavy atom. The summed E-state index contributed by atoms with van der Waals surface area (Å²) in [6.07, 6.45) is 2.76. The Morgan fingerprint density at radius 2 is 2.00 bits per heavy atom. The Morgan fingerprint density at radius 1 is 1.28 bits per heavy atom. The lowest BCUT2D eigenvalue weighted by Crippen LogP contribution is -2.59. The molecule has 0 bridgehead atoms. The number of carbonyl (C=O) groups excluding carboxylic acids is 2. The molecule has 1 saturated heterocycles. The Kier molecular flexibility index (Phi) is 2.76. The van der Waals surface area contributed by atoms with E-state index in [1.54, 1.807) is 6.08 Å². The van der Waals surface area contributed by atoms with Crippen LogP contribution in [-0.2, 0) is 14.3 Å². The van der Waals surface area contributed by atoms with Gasteiger partial charge < -0.3 is 4.74 Å². The molecule has 2 unspecified atom stereocenters. The minimum Gasteiger partial charge on any atom is -0.352 e. The van der Waals surface area contributed by atoms with E-state index in [9.17, 15) is 14.0 Å². The first-order chi connectivity index (χ1) is 11.7. The molecule has 0 amide bonds. The molecular weight excluding hydrogens is 319 g/mol. The highest BCUT2D eigenvalue weighted by molar-refractivity contribution is 6.00. The van der Waals surface area contributed by atoms with Gasteiger partial charge in [0.05, 0.1) is 0 Å². The van der Waals surface area contributed by atoms with Crippen molar-refractivity contribution in [3.8, 4) is 0 Å². The maximum absolute atomic E-state index is 14.3. The molecular formula is C21H25FO3. The van der Waals surface area contributed by atoms with E-state index < -0.39 is 17.2 Å². The Hall–Kier alpha value is -1.29. The summed E-state index contributed by atoms with van der Waals surface area (Å²) in [5.41, 5.74) is 0.668. The van der Waals surface area contributed by atoms with Crippen molar-refractivity contribution in [3.63, 3.8) is 0 Å². The molecule has 1 aliphatic heterocycles. The predicted molar refractivity (Wildman–Crippen MR) is 90.6 cm³/mol. The van der Waals surface area contributed by atoms with Crippen molar-refractivity contribution < 1.29 is 18.7 Å². The lowest BCUT2D eigenvalue weighted by Gasteiger charge is -2.58. The first-order valence-electron chi connectivity index (χ1n) is 9.45. The van der Waals surface area contributed by atoms with E-state index in [0.717, 1.165) is 30.4 Å². The number of carbonyl (C=O) groups is 2. The molecule has 4 aliphatic carbocycles. The van der Waals surface area contributed by atoms with Crippen molar-refractivity contribution in [2.45, 2.75) is 64.3 Å². The number of hydrogen-bond acceptors (Lipinski definition) is 3. The Bertz CT molecular complexity index is 769. The molecule has 4 heteroatoms. The van der Waals surface area contributed by atoms with Crippen LogP contribution >= 0.6 is 0 Å². The van der Waals surface area contributed by atoms with Crippen LogP contribution in [0.1, 0.15) is 46.5 Å². The van der Waals surface area contributed by atoms with Gasteiger partial charge in [0.1, 0.15) is 5.60 Å². The van der Waals surface area contributed by atoms with Crippen molar-refractivity contribution in [3.05, 3.63) is 23.8 Å². The Balaban J connectivity index is 1.63. The van der Waals surface area contributed by atoms with Gasteiger partial charge in [0.25, 0.3) is 0 Å². The van der Waals surface area contributed by atoms with Crippen LogP contribution in [0.3, 0.4) is 0 Å². The summed E-state index contributed by atoms with van der Waals surface area (Å²) < 4.78 is 20.4. The zero-order valence-corrected chi connectivity index (χ0v) is 15.1. The standard InChI is InChI=1S/C21H25FO3/c1-10-8-16(23)18-21(25-18)11(2)7-12-13(20(10,21)4)5-6-19(3)14(12)9-15(22)17(19)24/h8,12-15,18H,2,5-7,9H2,1,3-4H3/t12-,13+,14+,15-,18?,19+,20-,21?/m1/s1. The molecule has 8 atom stereocenters. The number of Topliss-reactive ketones (excluding diaryl/α,β-unsaturated/α-hetero) is 1. The van der Waals surface area contributed by atoms with Crippen LogP contribution in [0.5, 0.6) is 0 Å². The molecule has 1 heterocycles. The molecule has 1 spiro atoms. The normalized spacial score (nSPS) is 56.6. The topological polar surface area (TPSA) is 46.7 Å². The zero-order chi connectivity index (χ0) is 17.9. The number of ketones is 2. The third kappa shape index (κ3) is 1.50. The summed E-state index contributed by atoms with van der Waals surface area (Å²) in [4.78, 5) is 24.8. The number of ether oxygens (including phenoxy) is 1. The van der Waals surface area contributed by atoms with Crippen LogP contribution in [0.4, 0.5) is 4.39 Å². The van der Waals surface area contributed by atoms with Crippen molar-refractivity contribution in [1.82, 2.24) is 0 Å². The smallest absolute Gasteiger partial charge is 0.187 e. The molecule has 4 fully saturated rings. The second-order valence-corrected chi connectivity index (χ2v) is 9.37. The van der Waals surface area contributed by atoms with Gasteiger partial charge in [0, 0.05) is 10.8 Å². The second-order valence-electron chi connectivity index (χ2n) is 9.37. The van der Waals surface area contributed by atoms with Gasteiger partial charge >= 0.3 is 0 Å². The van der Waals surface area contributed by atoms with Gasteiger partial charge in [-0.2, -0.15) is 0 Å². The predicted octanol–water partition coefficient (Wildman–Crippen LogP) is 3.58. The monoisotopic (exact) mass is 344 g/mol. The summed E-state index contributed by atoms with van der Waals surface area (Å²) in [5.74, 6) is 0.479. The molecule has 0 aromatic carbocycles. The number of hydrogen-bond donors (Lipinski definition) is 0. The fraction of sp³-hybridized carbons (Fsp3) is 0.714. The first-order valence-corrected chi connectivity index (χ1v) is 9.45. The highest BCUT2D eigenvalue weighted by Crippen LogP contribution is 2.73. The average Bonchev–Trinajstić information content (AvgIpc) is 3.27. The lowest BCUT2D eigenvalue weighted by molar-refractivity contribution is -0.135. The van der Waals surface area contributed by atoms with E-state index in [1.807, 2.05) is 13.8 Å². The zero-order valence-electron chi connectivity index (χ0n) is 15.1. The highest BCUT2D eigenvalue weighted by atomic mass is 19.1. The molecule has 0 radical (unpaired) electrons. The van der Waals surface area contributed by atoms with E-state index in [4.69, 9.17) is 4.74 Å². The van der Waals surface area contributed by atoms with E-state index in [-0.39, 0.29) is 34.9 Å². The fourth-order valence-electron chi connectivity index (χ4n) is 7.21. The number of epoxide rings is 1. The fourth-order valence-corrected chi connectivity index (χ4v) is 7.21. The van der Waals surface area contributed by atoms with Gasteiger partial charge in [-0.05, 0) is 62.0 Å². The number of fused-ring (bicyclic) bond motifs is 4. The third-order valence-electron chi connectivity index (χ3n) is 8.71. The maximum Gasteiger partial charge on any atom is 0.187 e. The second kappa shape index (κ2) is 4.33. The van der Waals surface area contributed by atoms with Gasteiger partial charge in [0.15, 0.2) is 23.8 Å².